The van der Waals surface area contributed by atoms with Crippen molar-refractivity contribution < 1.29 is 9.90 Å². The smallest absolute Gasteiger partial charge is 0.427 e. The number of benzene rings is 1. The molecule has 0 spiro atoms. The van der Waals surface area contributed by atoms with E-state index in [1.54, 1.807) is 12.1 Å². The van der Waals surface area contributed by atoms with E-state index in [4.69, 9.17) is 16.7 Å². The molecule has 1 rings (SSSR count). The van der Waals surface area contributed by atoms with Gasteiger partial charge in [0.15, 0.2) is 0 Å². The zero-order valence-electron chi connectivity index (χ0n) is 9.14. The molecule has 0 unspecified atom stereocenters. The summed E-state index contributed by atoms with van der Waals surface area (Å²) in [5.41, 5.74) is 1.85. The fourth-order valence-corrected chi connectivity index (χ4v) is 1.40. The van der Waals surface area contributed by atoms with Crippen LogP contribution in [-0.2, 0) is 6.42 Å². The van der Waals surface area contributed by atoms with E-state index in [9.17, 15) is 4.79 Å². The van der Waals surface area contributed by atoms with Gasteiger partial charge in [-0.15, -0.1) is 0 Å². The molecule has 0 aliphatic heterocycles. The number of hydrogen-bond acceptors (Lipinski definition) is 2. The first kappa shape index (κ1) is 12.5. The van der Waals surface area contributed by atoms with Crippen LogP contribution in [0.25, 0.3) is 0 Å². The number of rotatable bonds is 3. The number of aryl methyl sites for hydroxylation is 1. The molecular formula is C11H13ClN2O2. The van der Waals surface area contributed by atoms with Gasteiger partial charge in [-0.1, -0.05) is 24.6 Å². The quantitative estimate of drug-likeness (QED) is 0.653. The number of halogens is 1. The summed E-state index contributed by atoms with van der Waals surface area (Å²) in [6.45, 7) is 2.01. The second kappa shape index (κ2) is 5.51. The van der Waals surface area contributed by atoms with Gasteiger partial charge in [-0.3, -0.25) is 0 Å². The number of hydrogen-bond donors (Lipinski definition) is 1. The average Bonchev–Trinajstić information content (AvgIpc) is 2.27. The zero-order chi connectivity index (χ0) is 12.1. The number of nitrogens with zero attached hydrogens (tertiary/aromatic N) is 2. The number of hydrazone groups is 1. The van der Waals surface area contributed by atoms with Gasteiger partial charge in [0.05, 0.1) is 6.21 Å². The molecule has 1 amide bonds. The Bertz CT molecular complexity index is 418. The molecule has 5 heteroatoms. The molecule has 0 aliphatic carbocycles. The van der Waals surface area contributed by atoms with Gasteiger partial charge in [-0.05, 0) is 29.7 Å². The lowest BCUT2D eigenvalue weighted by molar-refractivity contribution is 0.158. The van der Waals surface area contributed by atoms with Crippen molar-refractivity contribution >= 4 is 23.9 Å². The number of carbonyl (C=O) groups is 1. The maximum atomic E-state index is 10.5. The van der Waals surface area contributed by atoms with Gasteiger partial charge < -0.3 is 5.11 Å². The fraction of sp³-hybridized carbons (Fsp3) is 0.273. The van der Waals surface area contributed by atoms with Gasteiger partial charge in [0.1, 0.15) is 0 Å². The maximum Gasteiger partial charge on any atom is 0.427 e. The molecule has 1 aromatic carbocycles. The van der Waals surface area contributed by atoms with E-state index in [2.05, 4.69) is 5.10 Å². The Morgan fingerprint density at radius 3 is 2.88 bits per heavy atom. The molecule has 16 heavy (non-hydrogen) atoms. The topological polar surface area (TPSA) is 52.9 Å². The van der Waals surface area contributed by atoms with E-state index >= 15 is 0 Å². The van der Waals surface area contributed by atoms with Crippen molar-refractivity contribution in [2.75, 3.05) is 7.05 Å². The summed E-state index contributed by atoms with van der Waals surface area (Å²) in [7, 11) is 1.37. The number of amides is 1. The Labute approximate surface area is 99.1 Å². The highest BCUT2D eigenvalue weighted by Crippen LogP contribution is 2.17. The predicted molar refractivity (Wildman–Crippen MR) is 64.2 cm³/mol. The minimum atomic E-state index is -1.10. The Kier molecular flexibility index (Phi) is 4.31. The van der Waals surface area contributed by atoms with Crippen LogP contribution in [-0.4, -0.2) is 29.5 Å². The largest absolute Gasteiger partial charge is 0.464 e. The normalized spacial score (nSPS) is 10.7. The maximum absolute atomic E-state index is 10.5. The molecule has 4 nitrogen and oxygen atoms in total. The molecule has 1 aromatic rings. The van der Waals surface area contributed by atoms with Crippen molar-refractivity contribution in [2.45, 2.75) is 13.3 Å². The molecule has 0 saturated carbocycles. The van der Waals surface area contributed by atoms with Crippen molar-refractivity contribution in [3.63, 3.8) is 0 Å². The van der Waals surface area contributed by atoms with Crippen LogP contribution in [0, 0.1) is 0 Å². The monoisotopic (exact) mass is 240 g/mol. The summed E-state index contributed by atoms with van der Waals surface area (Å²) in [5, 5.41) is 13.9. The fourth-order valence-electron chi connectivity index (χ4n) is 1.15. The zero-order valence-corrected chi connectivity index (χ0v) is 9.90. The van der Waals surface area contributed by atoms with Gasteiger partial charge in [-0.2, -0.15) is 5.10 Å². The molecule has 1 N–H and O–H groups in total. The Hall–Kier alpha value is -1.55. The molecular weight excluding hydrogens is 228 g/mol. The minimum absolute atomic E-state index is 0.714. The molecule has 0 aromatic heterocycles. The first-order chi connectivity index (χ1) is 7.54. The van der Waals surface area contributed by atoms with Gasteiger partial charge in [0, 0.05) is 12.1 Å². The third-order valence-corrected chi connectivity index (χ3v) is 2.48. The van der Waals surface area contributed by atoms with Gasteiger partial charge in [-0.25, -0.2) is 9.80 Å². The third-order valence-electron chi connectivity index (χ3n) is 2.11. The van der Waals surface area contributed by atoms with Crippen molar-refractivity contribution in [3.8, 4) is 0 Å². The second-order valence-corrected chi connectivity index (χ2v) is 3.66. The van der Waals surface area contributed by atoms with Crippen molar-refractivity contribution in [3.05, 3.63) is 34.3 Å². The summed E-state index contributed by atoms with van der Waals surface area (Å²) in [6.07, 6.45) is 1.22. The van der Waals surface area contributed by atoms with Gasteiger partial charge in [0.25, 0.3) is 0 Å². The molecule has 86 valence electrons. The van der Waals surface area contributed by atoms with E-state index in [1.165, 1.54) is 13.3 Å². The molecule has 0 radical (unpaired) electrons. The molecule has 0 fully saturated rings. The van der Waals surface area contributed by atoms with E-state index in [0.717, 1.165) is 22.6 Å². The summed E-state index contributed by atoms with van der Waals surface area (Å²) < 4.78 is 0. The molecule has 0 atom stereocenters. The van der Waals surface area contributed by atoms with Crippen LogP contribution in [0.3, 0.4) is 0 Å². The Morgan fingerprint density at radius 2 is 2.31 bits per heavy atom. The van der Waals surface area contributed by atoms with Crippen LogP contribution < -0.4 is 0 Å². The summed E-state index contributed by atoms with van der Waals surface area (Å²) in [4.78, 5) is 10.5. The lowest BCUT2D eigenvalue weighted by atomic mass is 10.1. The highest BCUT2D eigenvalue weighted by atomic mass is 35.5. The first-order valence-corrected chi connectivity index (χ1v) is 5.21. The van der Waals surface area contributed by atoms with Crippen LogP contribution >= 0.6 is 11.6 Å². The number of carboxylic acid groups (broad SMARTS) is 1. The molecule has 0 saturated heterocycles. The third kappa shape index (κ3) is 3.24. The van der Waals surface area contributed by atoms with Crippen LogP contribution in [0.5, 0.6) is 0 Å². The van der Waals surface area contributed by atoms with E-state index in [1.807, 2.05) is 13.0 Å². The van der Waals surface area contributed by atoms with Gasteiger partial charge >= 0.3 is 6.09 Å². The van der Waals surface area contributed by atoms with E-state index < -0.39 is 6.09 Å². The first-order valence-electron chi connectivity index (χ1n) is 4.83. The summed E-state index contributed by atoms with van der Waals surface area (Å²) >= 11 is 5.96. The SMILES string of the molecule is CCc1cc(C=NN(C)C(=O)O)ccc1Cl. The minimum Gasteiger partial charge on any atom is -0.464 e. The highest BCUT2D eigenvalue weighted by molar-refractivity contribution is 6.31. The van der Waals surface area contributed by atoms with Crippen LogP contribution in [0.4, 0.5) is 4.79 Å². The predicted octanol–water partition coefficient (Wildman–Crippen LogP) is 2.85. The van der Waals surface area contributed by atoms with Crippen molar-refractivity contribution in [1.29, 1.82) is 0 Å². The molecule has 0 heterocycles. The van der Waals surface area contributed by atoms with Gasteiger partial charge in [0.2, 0.25) is 0 Å². The average molecular weight is 241 g/mol. The van der Waals surface area contributed by atoms with Crippen molar-refractivity contribution in [2.24, 2.45) is 5.10 Å². The summed E-state index contributed by atoms with van der Waals surface area (Å²) in [6, 6.07) is 5.46. The lowest BCUT2D eigenvalue weighted by Crippen LogP contribution is -2.18. The standard InChI is InChI=1S/C11H13ClN2O2/c1-3-9-6-8(4-5-10(9)12)7-13-14(2)11(15)16/h4-7H,3H2,1-2H3,(H,15,16). The van der Waals surface area contributed by atoms with Crippen LogP contribution in [0.2, 0.25) is 5.02 Å². The Balaban J connectivity index is 2.86. The van der Waals surface area contributed by atoms with E-state index in [-0.39, 0.29) is 0 Å². The lowest BCUT2D eigenvalue weighted by Gasteiger charge is -2.05. The second-order valence-electron chi connectivity index (χ2n) is 3.26. The van der Waals surface area contributed by atoms with Crippen LogP contribution in [0.15, 0.2) is 23.3 Å². The molecule has 0 aliphatic rings. The van der Waals surface area contributed by atoms with Crippen molar-refractivity contribution in [1.82, 2.24) is 5.01 Å². The molecule has 0 bridgehead atoms. The van der Waals surface area contributed by atoms with Crippen LogP contribution in [0.1, 0.15) is 18.1 Å². The Morgan fingerprint density at radius 1 is 1.62 bits per heavy atom. The summed E-state index contributed by atoms with van der Waals surface area (Å²) in [5.74, 6) is 0. The highest BCUT2D eigenvalue weighted by Gasteiger charge is 2.02. The van der Waals surface area contributed by atoms with E-state index in [0.29, 0.717) is 5.02 Å².